The molecule has 0 fully saturated rings. The van der Waals surface area contributed by atoms with Crippen LogP contribution in [0.2, 0.25) is 0 Å². The largest absolute Gasteiger partial charge is 0.333 e. The zero-order valence-corrected chi connectivity index (χ0v) is 11.1. The minimum Gasteiger partial charge on any atom is -0.311 e. The van der Waals surface area contributed by atoms with Crippen molar-refractivity contribution in [3.63, 3.8) is 0 Å². The number of halogens is 2. The van der Waals surface area contributed by atoms with Gasteiger partial charge in [-0.1, -0.05) is 13.8 Å². The first-order valence-corrected chi connectivity index (χ1v) is 6.42. The molecule has 4 nitrogen and oxygen atoms in total. The molecule has 1 aromatic rings. The Kier molecular flexibility index (Phi) is 6.82. The molecule has 0 aliphatic heterocycles. The summed E-state index contributed by atoms with van der Waals surface area (Å²) in [6.07, 6.45) is 2.42. The van der Waals surface area contributed by atoms with Crippen molar-refractivity contribution in [2.45, 2.75) is 33.4 Å². The number of alkyl halides is 2. The van der Waals surface area contributed by atoms with E-state index in [4.69, 9.17) is 0 Å². The topological polar surface area (TPSA) is 33.1 Å². The molecule has 6 heteroatoms. The van der Waals surface area contributed by atoms with Crippen molar-refractivity contribution in [2.24, 2.45) is 0 Å². The summed E-state index contributed by atoms with van der Waals surface area (Å²) in [6, 6.07) is 1.61. The number of rotatable bonds is 9. The van der Waals surface area contributed by atoms with E-state index in [-0.39, 0.29) is 0 Å². The van der Waals surface area contributed by atoms with Gasteiger partial charge in [-0.25, -0.2) is 4.68 Å². The van der Waals surface area contributed by atoms with Crippen molar-refractivity contribution in [1.82, 2.24) is 20.0 Å². The lowest BCUT2D eigenvalue weighted by Crippen LogP contribution is -2.27. The second-order valence-electron chi connectivity index (χ2n) is 4.10. The van der Waals surface area contributed by atoms with E-state index in [0.29, 0.717) is 12.2 Å². The molecule has 1 aromatic heterocycles. The number of aromatic nitrogens is 2. The van der Waals surface area contributed by atoms with Gasteiger partial charge in [0.1, 0.15) is 0 Å². The molecule has 0 atom stereocenters. The minimum atomic E-state index is -2.56. The molecule has 0 bridgehead atoms. The van der Waals surface area contributed by atoms with E-state index in [1.807, 2.05) is 0 Å². The summed E-state index contributed by atoms with van der Waals surface area (Å²) in [4.78, 5) is 2.34. The van der Waals surface area contributed by atoms with Crippen molar-refractivity contribution in [1.29, 1.82) is 0 Å². The maximum Gasteiger partial charge on any atom is 0.333 e. The molecule has 1 N–H and O–H groups in total. The van der Waals surface area contributed by atoms with Crippen LogP contribution in [-0.4, -0.2) is 40.9 Å². The highest BCUT2D eigenvalue weighted by molar-refractivity contribution is 5.00. The number of nitrogens with one attached hydrogen (secondary N) is 1. The van der Waals surface area contributed by atoms with Crippen LogP contribution < -0.4 is 5.32 Å². The summed E-state index contributed by atoms with van der Waals surface area (Å²) in [5.74, 6) is 0. The Morgan fingerprint density at radius 2 is 2.11 bits per heavy atom. The molecule has 0 aliphatic carbocycles. The molecule has 1 rings (SSSR count). The Balaban J connectivity index is 2.20. The molecule has 104 valence electrons. The summed E-state index contributed by atoms with van der Waals surface area (Å²) < 4.78 is 25.7. The van der Waals surface area contributed by atoms with Crippen molar-refractivity contribution < 1.29 is 8.78 Å². The summed E-state index contributed by atoms with van der Waals surface area (Å²) >= 11 is 0. The average Bonchev–Trinajstić information content (AvgIpc) is 2.82. The fourth-order valence-electron chi connectivity index (χ4n) is 1.84. The first-order chi connectivity index (χ1) is 8.69. The predicted molar refractivity (Wildman–Crippen MR) is 67.6 cm³/mol. The third kappa shape index (κ3) is 4.70. The van der Waals surface area contributed by atoms with Crippen LogP contribution in [0.3, 0.4) is 0 Å². The average molecular weight is 260 g/mol. The molecule has 0 saturated carbocycles. The number of hydrogen-bond donors (Lipinski definition) is 1. The monoisotopic (exact) mass is 260 g/mol. The number of hydrogen-bond acceptors (Lipinski definition) is 3. The lowest BCUT2D eigenvalue weighted by Gasteiger charge is -2.17. The maximum atomic E-state index is 12.5. The molecular formula is C12H22F2N4. The molecule has 0 aliphatic rings. The van der Waals surface area contributed by atoms with Gasteiger partial charge < -0.3 is 10.2 Å². The molecule has 0 aromatic carbocycles. The molecule has 18 heavy (non-hydrogen) atoms. The van der Waals surface area contributed by atoms with Crippen LogP contribution in [0.1, 0.15) is 32.5 Å². The second kappa shape index (κ2) is 8.16. The van der Waals surface area contributed by atoms with E-state index < -0.39 is 6.55 Å². The third-order valence-corrected chi connectivity index (χ3v) is 2.97. The lowest BCUT2D eigenvalue weighted by atomic mass is 10.3. The van der Waals surface area contributed by atoms with Crippen LogP contribution in [0.25, 0.3) is 0 Å². The normalized spacial score (nSPS) is 11.7. The number of nitrogens with zero attached hydrogens (tertiary/aromatic N) is 3. The third-order valence-electron chi connectivity index (χ3n) is 2.97. The van der Waals surface area contributed by atoms with Gasteiger partial charge in [0.05, 0.1) is 5.69 Å². The summed E-state index contributed by atoms with van der Waals surface area (Å²) in [5, 5.41) is 6.75. The Bertz CT molecular complexity index is 324. The highest BCUT2D eigenvalue weighted by Crippen LogP contribution is 2.11. The molecule has 0 unspecified atom stereocenters. The van der Waals surface area contributed by atoms with Gasteiger partial charge in [0.25, 0.3) is 0 Å². The first-order valence-electron chi connectivity index (χ1n) is 6.42. The Morgan fingerprint density at radius 1 is 1.39 bits per heavy atom. The van der Waals surface area contributed by atoms with Crippen molar-refractivity contribution in [3.05, 3.63) is 18.0 Å². The van der Waals surface area contributed by atoms with Gasteiger partial charge in [-0.05, 0) is 38.7 Å². The maximum absolute atomic E-state index is 12.5. The van der Waals surface area contributed by atoms with Gasteiger partial charge in [-0.3, -0.25) is 0 Å². The van der Waals surface area contributed by atoms with Crippen molar-refractivity contribution in [2.75, 3.05) is 26.2 Å². The predicted octanol–water partition coefficient (Wildman–Crippen LogP) is 2.10. The van der Waals surface area contributed by atoms with Gasteiger partial charge in [0, 0.05) is 12.7 Å². The van der Waals surface area contributed by atoms with E-state index in [9.17, 15) is 8.78 Å². The van der Waals surface area contributed by atoms with E-state index in [0.717, 1.165) is 37.3 Å². The Morgan fingerprint density at radius 3 is 2.72 bits per heavy atom. The highest BCUT2D eigenvalue weighted by atomic mass is 19.3. The molecule has 0 radical (unpaired) electrons. The zero-order chi connectivity index (χ0) is 13.4. The van der Waals surface area contributed by atoms with Crippen LogP contribution in [0.4, 0.5) is 8.78 Å². The van der Waals surface area contributed by atoms with Gasteiger partial charge in [0.2, 0.25) is 0 Å². The van der Waals surface area contributed by atoms with Gasteiger partial charge >= 0.3 is 6.55 Å². The summed E-state index contributed by atoms with van der Waals surface area (Å²) in [5.41, 5.74) is 0.521. The smallest absolute Gasteiger partial charge is 0.311 e. The van der Waals surface area contributed by atoms with E-state index in [1.165, 1.54) is 6.20 Å². The van der Waals surface area contributed by atoms with Gasteiger partial charge in [-0.15, -0.1) is 0 Å². The summed E-state index contributed by atoms with van der Waals surface area (Å²) in [7, 11) is 0. The molecule has 1 heterocycles. The van der Waals surface area contributed by atoms with Crippen LogP contribution in [0.15, 0.2) is 12.3 Å². The van der Waals surface area contributed by atoms with Crippen LogP contribution in [-0.2, 0) is 6.54 Å². The highest BCUT2D eigenvalue weighted by Gasteiger charge is 2.10. The quantitative estimate of drug-likeness (QED) is 0.690. The SMILES string of the molecule is CCN(CC)CCCNCc1ccnn1C(F)F. The summed E-state index contributed by atoms with van der Waals surface area (Å²) in [6.45, 7) is 6.11. The van der Waals surface area contributed by atoms with Crippen LogP contribution >= 0.6 is 0 Å². The lowest BCUT2D eigenvalue weighted by molar-refractivity contribution is 0.0531. The molecular weight excluding hydrogens is 238 g/mol. The molecule has 0 spiro atoms. The molecule has 0 saturated heterocycles. The first kappa shape index (κ1) is 15.0. The van der Waals surface area contributed by atoms with Crippen molar-refractivity contribution in [3.8, 4) is 0 Å². The standard InChI is InChI=1S/C12H22F2N4/c1-3-17(4-2)9-5-7-15-10-11-6-8-16-18(11)12(13)14/h6,8,12,15H,3-5,7,9-10H2,1-2H3. The van der Waals surface area contributed by atoms with Gasteiger partial charge in [-0.2, -0.15) is 13.9 Å². The zero-order valence-electron chi connectivity index (χ0n) is 11.1. The van der Waals surface area contributed by atoms with E-state index in [2.05, 4.69) is 29.2 Å². The van der Waals surface area contributed by atoms with Crippen molar-refractivity contribution >= 4 is 0 Å². The van der Waals surface area contributed by atoms with E-state index >= 15 is 0 Å². The Labute approximate surface area is 107 Å². The van der Waals surface area contributed by atoms with E-state index in [1.54, 1.807) is 6.07 Å². The molecule has 0 amide bonds. The minimum absolute atomic E-state index is 0.433. The second-order valence-corrected chi connectivity index (χ2v) is 4.10. The van der Waals surface area contributed by atoms with Gasteiger partial charge in [0.15, 0.2) is 0 Å². The fraction of sp³-hybridized carbons (Fsp3) is 0.750. The van der Waals surface area contributed by atoms with Crippen LogP contribution in [0.5, 0.6) is 0 Å². The Hall–Kier alpha value is -1.01. The fourth-order valence-corrected chi connectivity index (χ4v) is 1.84. The van der Waals surface area contributed by atoms with Crippen LogP contribution in [0, 0.1) is 0 Å².